The molecule has 0 saturated heterocycles. The number of hydrogen-bond acceptors (Lipinski definition) is 5. The van der Waals surface area contributed by atoms with Crippen molar-refractivity contribution in [3.05, 3.63) is 26.4 Å². The minimum Gasteiger partial charge on any atom is -0.494 e. The van der Waals surface area contributed by atoms with Gasteiger partial charge in [0.15, 0.2) is 0 Å². The van der Waals surface area contributed by atoms with E-state index in [1.54, 1.807) is 0 Å². The maximum Gasteiger partial charge on any atom is 0.333 e. The minimum absolute atomic E-state index is 0.0240. The van der Waals surface area contributed by atoms with Gasteiger partial charge < -0.3 is 10.2 Å². The van der Waals surface area contributed by atoms with Gasteiger partial charge in [-0.05, 0) is 12.8 Å². The monoisotopic (exact) mass is 367 g/mol. The van der Waals surface area contributed by atoms with Crippen molar-refractivity contribution >= 4 is 12.2 Å². The summed E-state index contributed by atoms with van der Waals surface area (Å²) in [5, 5.41) is 18.4. The van der Waals surface area contributed by atoms with Crippen molar-refractivity contribution in [1.82, 2.24) is 9.13 Å². The Bertz CT molecular complexity index is 734. The second-order valence-electron chi connectivity index (χ2n) is 6.45. The number of carbonyl (C=O) groups is 1. The number of aromatic nitrogens is 2. The number of carboxylic acid groups (broad SMARTS) is 1. The summed E-state index contributed by atoms with van der Waals surface area (Å²) in [6.07, 6.45) is 9.64. The number of aliphatic carboxylic acids is 1. The second-order valence-corrected chi connectivity index (χ2v) is 6.45. The molecule has 1 aromatic heterocycles. The van der Waals surface area contributed by atoms with Crippen LogP contribution < -0.4 is 11.2 Å². The number of hydrogen-bond donors (Lipinski definition) is 2. The van der Waals surface area contributed by atoms with Gasteiger partial charge in [0.05, 0.1) is 0 Å². The lowest BCUT2D eigenvalue weighted by Gasteiger charge is -2.07. The molecule has 1 rings (SSSR count). The maximum absolute atomic E-state index is 12.0. The molecule has 2 N–H and O–H groups in total. The van der Waals surface area contributed by atoms with E-state index in [0.717, 1.165) is 60.5 Å². The highest BCUT2D eigenvalue weighted by molar-refractivity contribution is 5.81. The summed E-state index contributed by atoms with van der Waals surface area (Å²) in [6, 6.07) is 0. The first-order valence-corrected chi connectivity index (χ1v) is 9.07. The Morgan fingerprint density at radius 3 is 2.08 bits per heavy atom. The fourth-order valence-corrected chi connectivity index (χ4v) is 2.67. The van der Waals surface area contributed by atoms with Crippen LogP contribution in [0.15, 0.2) is 14.6 Å². The van der Waals surface area contributed by atoms with Crippen molar-refractivity contribution in [2.24, 2.45) is 19.1 Å². The van der Waals surface area contributed by atoms with Gasteiger partial charge in [-0.15, -0.1) is 0 Å². The van der Waals surface area contributed by atoms with Gasteiger partial charge in [-0.25, -0.2) is 4.79 Å². The van der Waals surface area contributed by atoms with E-state index in [0.29, 0.717) is 6.54 Å². The molecule has 0 aromatic carbocycles. The average Bonchev–Trinajstić information content (AvgIpc) is 2.61. The molecule has 8 nitrogen and oxygen atoms in total. The quantitative estimate of drug-likeness (QED) is 0.432. The van der Waals surface area contributed by atoms with E-state index in [1.807, 2.05) is 0 Å². The highest BCUT2D eigenvalue weighted by atomic mass is 16.4. The summed E-state index contributed by atoms with van der Waals surface area (Å²) in [5.74, 6) is -1.10. The van der Waals surface area contributed by atoms with E-state index in [1.165, 1.54) is 20.3 Å². The summed E-state index contributed by atoms with van der Waals surface area (Å²) >= 11 is 0. The van der Waals surface area contributed by atoms with Crippen LogP contribution in [0, 0.1) is 0 Å². The van der Waals surface area contributed by atoms with Crippen LogP contribution >= 0.6 is 0 Å². The first-order valence-electron chi connectivity index (χ1n) is 9.07. The van der Waals surface area contributed by atoms with Crippen LogP contribution in [-0.2, 0) is 18.9 Å². The summed E-state index contributed by atoms with van der Waals surface area (Å²) < 4.78 is 1.96. The molecule has 1 heterocycles. The summed E-state index contributed by atoms with van der Waals surface area (Å²) in [5.41, 5.74) is -1.11. The molecule has 26 heavy (non-hydrogen) atoms. The molecular weight excluding hydrogens is 338 g/mol. The van der Waals surface area contributed by atoms with Gasteiger partial charge >= 0.3 is 11.7 Å². The van der Waals surface area contributed by atoms with Gasteiger partial charge in [-0.2, -0.15) is 0 Å². The van der Waals surface area contributed by atoms with Crippen molar-refractivity contribution in [3.63, 3.8) is 0 Å². The zero-order valence-electron chi connectivity index (χ0n) is 15.6. The molecule has 146 valence electrons. The van der Waals surface area contributed by atoms with Gasteiger partial charge in [0.2, 0.25) is 5.88 Å². The molecule has 0 aliphatic carbocycles. The van der Waals surface area contributed by atoms with Crippen LogP contribution in [-0.4, -0.2) is 38.1 Å². The molecule has 0 aliphatic heterocycles. The number of aliphatic imine (C=N–C) groups is 1. The summed E-state index contributed by atoms with van der Waals surface area (Å²) in [4.78, 5) is 38.2. The van der Waals surface area contributed by atoms with Gasteiger partial charge in [0.1, 0.15) is 5.56 Å². The Morgan fingerprint density at radius 1 is 0.962 bits per heavy atom. The number of unbranched alkanes of at least 4 members (excludes halogenated alkanes) is 7. The number of aromatic hydroxyl groups is 1. The number of nitrogens with zero attached hydrogens (tertiary/aromatic N) is 3. The molecule has 0 fully saturated rings. The highest BCUT2D eigenvalue weighted by Crippen LogP contribution is 2.10. The van der Waals surface area contributed by atoms with Crippen molar-refractivity contribution < 1.29 is 15.0 Å². The molecule has 0 radical (unpaired) electrons. The van der Waals surface area contributed by atoms with Crippen LogP contribution in [0.3, 0.4) is 0 Å². The van der Waals surface area contributed by atoms with E-state index in [4.69, 9.17) is 5.11 Å². The van der Waals surface area contributed by atoms with E-state index in [2.05, 4.69) is 4.99 Å². The van der Waals surface area contributed by atoms with Crippen molar-refractivity contribution in [3.8, 4) is 5.88 Å². The molecular formula is C18H29N3O5. The maximum atomic E-state index is 12.0. The zero-order chi connectivity index (χ0) is 19.5. The molecule has 0 bridgehead atoms. The first-order chi connectivity index (χ1) is 12.4. The Kier molecular flexibility index (Phi) is 9.40. The molecule has 8 heteroatoms. The molecule has 0 unspecified atom stereocenters. The van der Waals surface area contributed by atoms with Crippen molar-refractivity contribution in [2.75, 3.05) is 6.54 Å². The second kappa shape index (κ2) is 11.3. The van der Waals surface area contributed by atoms with Crippen molar-refractivity contribution in [1.29, 1.82) is 0 Å². The molecule has 0 spiro atoms. The largest absolute Gasteiger partial charge is 0.494 e. The van der Waals surface area contributed by atoms with E-state index >= 15 is 0 Å². The van der Waals surface area contributed by atoms with E-state index in [-0.39, 0.29) is 17.9 Å². The average molecular weight is 367 g/mol. The third-order valence-corrected chi connectivity index (χ3v) is 4.32. The molecule has 0 saturated carbocycles. The molecule has 0 aliphatic rings. The predicted molar refractivity (Wildman–Crippen MR) is 100 cm³/mol. The number of rotatable bonds is 12. The smallest absolute Gasteiger partial charge is 0.333 e. The van der Waals surface area contributed by atoms with Crippen molar-refractivity contribution in [2.45, 2.75) is 57.8 Å². The Labute approximate surface area is 152 Å². The lowest BCUT2D eigenvalue weighted by atomic mass is 10.1. The fraction of sp³-hybridized carbons (Fsp3) is 0.667. The van der Waals surface area contributed by atoms with Gasteiger partial charge in [0, 0.05) is 33.3 Å². The van der Waals surface area contributed by atoms with E-state index < -0.39 is 17.2 Å². The fourth-order valence-electron chi connectivity index (χ4n) is 2.67. The molecule has 0 atom stereocenters. The number of carboxylic acids is 1. The summed E-state index contributed by atoms with van der Waals surface area (Å²) in [6.45, 7) is 0.560. The van der Waals surface area contributed by atoms with Crippen LogP contribution in [0.5, 0.6) is 5.88 Å². The Hall–Kier alpha value is -2.38. The van der Waals surface area contributed by atoms with Crippen LogP contribution in [0.4, 0.5) is 0 Å². The lowest BCUT2D eigenvalue weighted by Crippen LogP contribution is -2.38. The first kappa shape index (κ1) is 21.7. The lowest BCUT2D eigenvalue weighted by molar-refractivity contribution is -0.137. The van der Waals surface area contributed by atoms with Crippen LogP contribution in [0.1, 0.15) is 63.4 Å². The highest BCUT2D eigenvalue weighted by Gasteiger charge is 2.12. The van der Waals surface area contributed by atoms with Gasteiger partial charge in [0.25, 0.3) is 5.56 Å². The van der Waals surface area contributed by atoms with Gasteiger partial charge in [-0.1, -0.05) is 38.5 Å². The third-order valence-electron chi connectivity index (χ3n) is 4.32. The van der Waals surface area contributed by atoms with Gasteiger partial charge in [-0.3, -0.25) is 23.7 Å². The van der Waals surface area contributed by atoms with Crippen LogP contribution in [0.25, 0.3) is 0 Å². The normalized spacial score (nSPS) is 11.3. The zero-order valence-corrected chi connectivity index (χ0v) is 15.6. The molecule has 1 aromatic rings. The minimum atomic E-state index is -0.727. The standard InChI is InChI=1S/C18H29N3O5/c1-20-16(24)14(17(25)21(2)18(20)26)13-19-12-10-8-6-4-3-5-7-9-11-15(22)23/h13,24H,3-12H2,1-2H3,(H,22,23). The SMILES string of the molecule is Cn1c(O)c(C=NCCCCCCCCCCC(=O)O)c(=O)n(C)c1=O. The van der Waals surface area contributed by atoms with E-state index in [9.17, 15) is 19.5 Å². The topological polar surface area (TPSA) is 114 Å². The molecule has 0 amide bonds. The summed E-state index contributed by atoms with van der Waals surface area (Å²) in [7, 11) is 2.76. The van der Waals surface area contributed by atoms with Crippen LogP contribution in [0.2, 0.25) is 0 Å². The predicted octanol–water partition coefficient (Wildman–Crippen LogP) is 1.80. The third kappa shape index (κ3) is 6.85. The Morgan fingerprint density at radius 2 is 1.50 bits per heavy atom. The Balaban J connectivity index is 2.24.